The number of rotatable bonds is 3. The van der Waals surface area contributed by atoms with E-state index in [9.17, 15) is 0 Å². The number of hydrogen-bond donors (Lipinski definition) is 1. The summed E-state index contributed by atoms with van der Waals surface area (Å²) in [5.74, 6) is 0. The molecule has 1 aromatic heterocycles. The van der Waals surface area contributed by atoms with Gasteiger partial charge in [0.1, 0.15) is 0 Å². The minimum atomic E-state index is 0.438. The van der Waals surface area contributed by atoms with Gasteiger partial charge in [-0.05, 0) is 30.4 Å². The van der Waals surface area contributed by atoms with E-state index in [2.05, 4.69) is 36.3 Å². The van der Waals surface area contributed by atoms with Gasteiger partial charge in [-0.3, -0.25) is 4.98 Å². The van der Waals surface area contributed by atoms with Gasteiger partial charge < -0.3 is 5.32 Å². The van der Waals surface area contributed by atoms with Crippen LogP contribution in [0.25, 0.3) is 0 Å². The quantitative estimate of drug-likeness (QED) is 0.843. The molecule has 0 bridgehead atoms. The van der Waals surface area contributed by atoms with Crippen molar-refractivity contribution in [2.24, 2.45) is 5.41 Å². The van der Waals surface area contributed by atoms with E-state index in [1.54, 1.807) is 0 Å². The van der Waals surface area contributed by atoms with Gasteiger partial charge in [-0.15, -0.1) is 0 Å². The molecular formula is C14H22N2. The minimum Gasteiger partial charge on any atom is -0.308 e. The zero-order valence-electron chi connectivity index (χ0n) is 10.4. The first-order valence-corrected chi connectivity index (χ1v) is 6.32. The average molecular weight is 218 g/mol. The van der Waals surface area contributed by atoms with Crippen LogP contribution >= 0.6 is 0 Å². The summed E-state index contributed by atoms with van der Waals surface area (Å²) in [6.45, 7) is 5.65. The lowest BCUT2D eigenvalue weighted by molar-refractivity contribution is 0.166. The van der Waals surface area contributed by atoms with Gasteiger partial charge in [-0.2, -0.15) is 0 Å². The van der Waals surface area contributed by atoms with Crippen molar-refractivity contribution in [3.8, 4) is 0 Å². The summed E-state index contributed by atoms with van der Waals surface area (Å²) < 4.78 is 0. The lowest BCUT2D eigenvalue weighted by atomic mass is 9.73. The van der Waals surface area contributed by atoms with Crippen molar-refractivity contribution in [3.05, 3.63) is 30.1 Å². The molecule has 1 atom stereocenters. The Morgan fingerprint density at radius 1 is 1.38 bits per heavy atom. The average Bonchev–Trinajstić information content (AvgIpc) is 2.28. The Hall–Kier alpha value is -0.890. The molecule has 88 valence electrons. The highest BCUT2D eigenvalue weighted by Gasteiger charge is 2.31. The molecule has 1 N–H and O–H groups in total. The van der Waals surface area contributed by atoms with Crippen molar-refractivity contribution < 1.29 is 0 Å². The number of nitrogens with zero attached hydrogens (tertiary/aromatic N) is 1. The second kappa shape index (κ2) is 4.96. The third-order valence-electron chi connectivity index (χ3n) is 3.76. The van der Waals surface area contributed by atoms with Crippen LogP contribution in [0.1, 0.15) is 45.2 Å². The van der Waals surface area contributed by atoms with E-state index in [1.165, 1.54) is 25.7 Å². The van der Waals surface area contributed by atoms with Gasteiger partial charge in [-0.1, -0.05) is 32.8 Å². The van der Waals surface area contributed by atoms with Gasteiger partial charge in [0.05, 0.1) is 5.69 Å². The van der Waals surface area contributed by atoms with Crippen molar-refractivity contribution in [2.75, 3.05) is 0 Å². The molecule has 2 rings (SSSR count). The number of nitrogens with one attached hydrogen (secondary N) is 1. The third-order valence-corrected chi connectivity index (χ3v) is 3.76. The summed E-state index contributed by atoms with van der Waals surface area (Å²) in [7, 11) is 0. The van der Waals surface area contributed by atoms with E-state index in [0.717, 1.165) is 12.2 Å². The van der Waals surface area contributed by atoms with Gasteiger partial charge in [0.2, 0.25) is 0 Å². The van der Waals surface area contributed by atoms with E-state index in [-0.39, 0.29) is 0 Å². The fourth-order valence-corrected chi connectivity index (χ4v) is 2.60. The number of pyridine rings is 1. The van der Waals surface area contributed by atoms with E-state index in [1.807, 2.05) is 12.3 Å². The van der Waals surface area contributed by atoms with Crippen LogP contribution in [-0.4, -0.2) is 11.0 Å². The Labute approximate surface area is 98.5 Å². The first-order valence-electron chi connectivity index (χ1n) is 6.32. The van der Waals surface area contributed by atoms with Gasteiger partial charge in [0.15, 0.2) is 0 Å². The maximum absolute atomic E-state index is 4.35. The summed E-state index contributed by atoms with van der Waals surface area (Å²) in [4.78, 5) is 4.35. The zero-order chi connectivity index (χ0) is 11.4. The molecule has 2 nitrogen and oxygen atoms in total. The molecule has 1 aromatic rings. The molecule has 1 aliphatic rings. The first-order chi connectivity index (χ1) is 7.68. The summed E-state index contributed by atoms with van der Waals surface area (Å²) >= 11 is 0. The van der Waals surface area contributed by atoms with Crippen LogP contribution in [0.15, 0.2) is 24.4 Å². The molecular weight excluding hydrogens is 196 g/mol. The Bertz CT molecular complexity index is 319. The first kappa shape index (κ1) is 11.6. The summed E-state index contributed by atoms with van der Waals surface area (Å²) in [6.07, 6.45) is 7.26. The Morgan fingerprint density at radius 2 is 2.25 bits per heavy atom. The molecule has 0 amide bonds. The number of aromatic nitrogens is 1. The predicted octanol–water partition coefficient (Wildman–Crippen LogP) is 3.14. The molecule has 2 heteroatoms. The molecule has 0 aliphatic heterocycles. The van der Waals surface area contributed by atoms with Gasteiger partial charge >= 0.3 is 0 Å². The molecule has 0 saturated heterocycles. The van der Waals surface area contributed by atoms with Crippen LogP contribution < -0.4 is 5.32 Å². The maximum Gasteiger partial charge on any atom is 0.0541 e. The van der Waals surface area contributed by atoms with Gasteiger partial charge in [-0.25, -0.2) is 0 Å². The Kier molecular flexibility index (Phi) is 3.59. The molecule has 16 heavy (non-hydrogen) atoms. The standard InChI is InChI=1S/C14H22N2/c1-14(2)9-5-3-8-13(14)16-11-12-7-4-6-10-15-12/h4,6-7,10,13,16H,3,5,8-9,11H2,1-2H3. The second-order valence-electron chi connectivity index (χ2n) is 5.49. The molecule has 1 saturated carbocycles. The van der Waals surface area contributed by atoms with Crippen molar-refractivity contribution in [1.29, 1.82) is 0 Å². The molecule has 1 aliphatic carbocycles. The summed E-state index contributed by atoms with van der Waals surface area (Å²) in [5, 5.41) is 3.67. The van der Waals surface area contributed by atoms with E-state index >= 15 is 0 Å². The molecule has 0 aromatic carbocycles. The van der Waals surface area contributed by atoms with Crippen LogP contribution in [-0.2, 0) is 6.54 Å². The Morgan fingerprint density at radius 3 is 2.94 bits per heavy atom. The largest absolute Gasteiger partial charge is 0.308 e. The zero-order valence-corrected chi connectivity index (χ0v) is 10.4. The van der Waals surface area contributed by atoms with Crippen molar-refractivity contribution in [3.63, 3.8) is 0 Å². The molecule has 1 unspecified atom stereocenters. The van der Waals surface area contributed by atoms with Crippen LogP contribution in [0, 0.1) is 5.41 Å². The van der Waals surface area contributed by atoms with Crippen molar-refractivity contribution in [2.45, 2.75) is 52.1 Å². The van der Waals surface area contributed by atoms with Gasteiger partial charge in [0, 0.05) is 18.8 Å². The predicted molar refractivity (Wildman–Crippen MR) is 67.1 cm³/mol. The highest BCUT2D eigenvalue weighted by molar-refractivity contribution is 5.03. The van der Waals surface area contributed by atoms with Crippen LogP contribution in [0.3, 0.4) is 0 Å². The van der Waals surface area contributed by atoms with Crippen LogP contribution in [0.5, 0.6) is 0 Å². The lowest BCUT2D eigenvalue weighted by Gasteiger charge is -2.39. The maximum atomic E-state index is 4.35. The lowest BCUT2D eigenvalue weighted by Crippen LogP contribution is -2.43. The van der Waals surface area contributed by atoms with Crippen molar-refractivity contribution in [1.82, 2.24) is 10.3 Å². The molecule has 1 fully saturated rings. The van der Waals surface area contributed by atoms with E-state index in [0.29, 0.717) is 11.5 Å². The molecule has 1 heterocycles. The van der Waals surface area contributed by atoms with Gasteiger partial charge in [0.25, 0.3) is 0 Å². The second-order valence-corrected chi connectivity index (χ2v) is 5.49. The van der Waals surface area contributed by atoms with E-state index < -0.39 is 0 Å². The van der Waals surface area contributed by atoms with Crippen LogP contribution in [0.2, 0.25) is 0 Å². The monoisotopic (exact) mass is 218 g/mol. The molecule has 0 spiro atoms. The molecule has 0 radical (unpaired) electrons. The van der Waals surface area contributed by atoms with Crippen molar-refractivity contribution >= 4 is 0 Å². The number of hydrogen-bond acceptors (Lipinski definition) is 2. The fourth-order valence-electron chi connectivity index (χ4n) is 2.60. The summed E-state index contributed by atoms with van der Waals surface area (Å²) in [6, 6.07) is 6.75. The normalized spacial score (nSPS) is 24.2. The van der Waals surface area contributed by atoms with E-state index in [4.69, 9.17) is 0 Å². The highest BCUT2D eigenvalue weighted by atomic mass is 14.9. The highest BCUT2D eigenvalue weighted by Crippen LogP contribution is 2.35. The fraction of sp³-hybridized carbons (Fsp3) is 0.643. The van der Waals surface area contributed by atoms with Crippen LogP contribution in [0.4, 0.5) is 0 Å². The smallest absolute Gasteiger partial charge is 0.0541 e. The minimum absolute atomic E-state index is 0.438. The Balaban J connectivity index is 1.90. The summed E-state index contributed by atoms with van der Waals surface area (Å²) in [5.41, 5.74) is 1.58. The topological polar surface area (TPSA) is 24.9 Å². The third kappa shape index (κ3) is 2.82. The SMILES string of the molecule is CC1(C)CCCCC1NCc1ccccn1.